The van der Waals surface area contributed by atoms with Crippen molar-refractivity contribution < 1.29 is 99.0 Å². The molecule has 0 aromatic heterocycles. The Balaban J connectivity index is 2.02. The van der Waals surface area contributed by atoms with E-state index in [1.165, 1.54) is 0 Å². The topological polar surface area (TPSA) is 341 Å². The van der Waals surface area contributed by atoms with Gasteiger partial charge < -0.3 is 89.9 Å². The number of esters is 1. The number of nitrogens with one attached hydrogen (secondary N) is 1. The van der Waals surface area contributed by atoms with Crippen molar-refractivity contribution in [2.75, 3.05) is 19.8 Å². The molecular formula is C25H41NO20. The second-order valence-corrected chi connectivity index (χ2v) is 11.1. The Bertz CT molecular complexity index is 1050. The van der Waals surface area contributed by atoms with E-state index in [-0.39, 0.29) is 0 Å². The lowest BCUT2D eigenvalue weighted by atomic mass is 9.87. The van der Waals surface area contributed by atoms with Crippen LogP contribution in [0.3, 0.4) is 0 Å². The van der Waals surface area contributed by atoms with Gasteiger partial charge in [-0.05, 0) is 0 Å². The van der Waals surface area contributed by atoms with E-state index >= 15 is 0 Å². The Hall–Kier alpha value is -2.19. The van der Waals surface area contributed by atoms with Gasteiger partial charge in [-0.25, -0.2) is 4.79 Å². The summed E-state index contributed by atoms with van der Waals surface area (Å²) >= 11 is 0. The molecule has 3 aliphatic rings. The fourth-order valence-electron chi connectivity index (χ4n) is 5.47. The van der Waals surface area contributed by atoms with Crippen LogP contribution in [0, 0.1) is 0 Å². The molecule has 0 aliphatic carbocycles. The van der Waals surface area contributed by atoms with Gasteiger partial charge in [0.1, 0.15) is 73.2 Å². The van der Waals surface area contributed by atoms with Crippen molar-refractivity contribution in [2.24, 2.45) is 0 Å². The number of amides is 1. The van der Waals surface area contributed by atoms with E-state index in [0.717, 1.165) is 13.8 Å². The SMILES string of the molecule is CC(=O)N[C@H]1[C@H]([C@H](O)[C@H](O)CO)O[C@@](O[C@H]2[C@@H](O)[C@@H](CO)O[C@@H](O[C@H]3[C@H](O)[C@@H](O)[C@H](O)O[C@@H]3CO)[C@@H]2O)(C(=O)O)C[C@@H]1OC(C)=O. The smallest absolute Gasteiger partial charge is 0.364 e. The van der Waals surface area contributed by atoms with Crippen LogP contribution >= 0.6 is 0 Å². The third-order valence-corrected chi connectivity index (χ3v) is 7.76. The summed E-state index contributed by atoms with van der Waals surface area (Å²) in [6, 6.07) is -1.54. The lowest BCUT2D eigenvalue weighted by molar-refractivity contribution is -0.385. The number of ether oxygens (including phenoxy) is 6. The number of rotatable bonds is 12. The van der Waals surface area contributed by atoms with Gasteiger partial charge in [0, 0.05) is 13.8 Å². The van der Waals surface area contributed by atoms with Gasteiger partial charge in [0.15, 0.2) is 12.6 Å². The first-order valence-electron chi connectivity index (χ1n) is 14.1. The summed E-state index contributed by atoms with van der Waals surface area (Å²) in [6.07, 6.45) is -28.0. The molecule has 0 aromatic rings. The highest BCUT2D eigenvalue weighted by Crippen LogP contribution is 2.39. The summed E-state index contributed by atoms with van der Waals surface area (Å²) in [4.78, 5) is 36.8. The highest BCUT2D eigenvalue weighted by molar-refractivity contribution is 5.77. The maximum atomic E-state index is 12.8. The van der Waals surface area contributed by atoms with Crippen LogP contribution in [-0.2, 0) is 42.8 Å². The summed E-state index contributed by atoms with van der Waals surface area (Å²) < 4.78 is 32.4. The Morgan fingerprint density at radius 2 is 1.52 bits per heavy atom. The van der Waals surface area contributed by atoms with E-state index in [1.807, 2.05) is 0 Å². The normalized spacial score (nSPS) is 42.9. The zero-order valence-electron chi connectivity index (χ0n) is 24.6. The molecule has 12 N–H and O–H groups in total. The Labute approximate surface area is 260 Å². The number of aliphatic hydroxyl groups excluding tert-OH is 10. The Morgan fingerprint density at radius 3 is 2.04 bits per heavy atom. The summed E-state index contributed by atoms with van der Waals surface area (Å²) in [5, 5.41) is 115. The number of carbonyl (C=O) groups is 3. The number of aliphatic hydroxyl groups is 10. The molecule has 266 valence electrons. The van der Waals surface area contributed by atoms with Gasteiger partial charge in [-0.15, -0.1) is 0 Å². The van der Waals surface area contributed by atoms with Crippen LogP contribution in [0.1, 0.15) is 20.3 Å². The summed E-state index contributed by atoms with van der Waals surface area (Å²) in [5.74, 6) is -6.80. The largest absolute Gasteiger partial charge is 0.477 e. The fraction of sp³-hybridized carbons (Fsp3) is 0.880. The van der Waals surface area contributed by atoms with Crippen LogP contribution in [0.15, 0.2) is 0 Å². The molecule has 0 bridgehead atoms. The van der Waals surface area contributed by atoms with Crippen LogP contribution in [0.25, 0.3) is 0 Å². The maximum absolute atomic E-state index is 12.8. The highest BCUT2D eigenvalue weighted by atomic mass is 16.8. The van der Waals surface area contributed by atoms with E-state index in [1.54, 1.807) is 0 Å². The molecule has 3 heterocycles. The first-order chi connectivity index (χ1) is 21.5. The van der Waals surface area contributed by atoms with Gasteiger partial charge in [0.2, 0.25) is 5.91 Å². The first kappa shape index (κ1) is 38.3. The summed E-state index contributed by atoms with van der Waals surface area (Å²) in [7, 11) is 0. The minimum atomic E-state index is -3.06. The standard InChI is InChI=1S/C25H41NO20/c1-7(30)26-13-10(41-8(2)31)3-25(24(39)40,45-20(13)14(33)9(32)4-27)46-21-15(34)11(5-28)43-23(18(21)37)44-19-12(6-29)42-22(38)17(36)16(19)35/h9-23,27-29,32-38H,3-6H2,1-2H3,(H,26,30)(H,39,40)/t9-,10+,11-,12-,13-,14-,15+,16-,17-,18-,19-,20-,21+,22-,23+,25+/m1/s1. The third kappa shape index (κ3) is 8.08. The quantitative estimate of drug-likeness (QED) is 0.0854. The molecule has 3 aliphatic heterocycles. The van der Waals surface area contributed by atoms with Gasteiger partial charge in [-0.3, -0.25) is 9.59 Å². The molecule has 3 fully saturated rings. The molecule has 0 radical (unpaired) electrons. The van der Waals surface area contributed by atoms with E-state index in [0.29, 0.717) is 0 Å². The van der Waals surface area contributed by atoms with Crippen molar-refractivity contribution in [3.8, 4) is 0 Å². The van der Waals surface area contributed by atoms with Gasteiger partial charge in [0.05, 0.1) is 32.3 Å². The molecule has 0 spiro atoms. The summed E-state index contributed by atoms with van der Waals surface area (Å²) in [5.41, 5.74) is 0. The van der Waals surface area contributed by atoms with E-state index in [4.69, 9.17) is 28.4 Å². The fourth-order valence-corrected chi connectivity index (χ4v) is 5.47. The summed E-state index contributed by atoms with van der Waals surface area (Å²) in [6.45, 7) is -0.971. The van der Waals surface area contributed by atoms with E-state index in [2.05, 4.69) is 5.32 Å². The molecular weight excluding hydrogens is 634 g/mol. The number of hydrogen-bond acceptors (Lipinski definition) is 19. The molecule has 16 atom stereocenters. The minimum absolute atomic E-state index is 0.765. The molecule has 21 heteroatoms. The number of carboxylic acid groups (broad SMARTS) is 1. The molecule has 0 unspecified atom stereocenters. The Kier molecular flexibility index (Phi) is 13.1. The molecule has 46 heavy (non-hydrogen) atoms. The van der Waals surface area contributed by atoms with E-state index in [9.17, 15) is 70.6 Å². The zero-order valence-corrected chi connectivity index (χ0v) is 24.6. The lowest BCUT2D eigenvalue weighted by Gasteiger charge is -2.51. The molecule has 0 saturated carbocycles. The predicted octanol–water partition coefficient (Wildman–Crippen LogP) is -7.65. The van der Waals surface area contributed by atoms with Crippen LogP contribution in [0.2, 0.25) is 0 Å². The van der Waals surface area contributed by atoms with Gasteiger partial charge in [-0.1, -0.05) is 0 Å². The van der Waals surface area contributed by atoms with Crippen molar-refractivity contribution in [2.45, 2.75) is 118 Å². The van der Waals surface area contributed by atoms with Crippen LogP contribution < -0.4 is 5.32 Å². The molecule has 1 amide bonds. The average molecular weight is 676 g/mol. The van der Waals surface area contributed by atoms with Crippen molar-refractivity contribution in [1.82, 2.24) is 5.32 Å². The van der Waals surface area contributed by atoms with Crippen molar-refractivity contribution >= 4 is 17.8 Å². The van der Waals surface area contributed by atoms with E-state index < -0.39 is 142 Å². The Morgan fingerprint density at radius 1 is 0.891 bits per heavy atom. The minimum Gasteiger partial charge on any atom is -0.477 e. The number of hydrogen-bond donors (Lipinski definition) is 12. The van der Waals surface area contributed by atoms with Crippen molar-refractivity contribution in [3.05, 3.63) is 0 Å². The predicted molar refractivity (Wildman–Crippen MR) is 140 cm³/mol. The number of carbonyl (C=O) groups excluding carboxylic acids is 2. The zero-order chi connectivity index (χ0) is 34.7. The number of aliphatic carboxylic acids is 1. The molecule has 0 aromatic carbocycles. The average Bonchev–Trinajstić information content (AvgIpc) is 3.00. The van der Waals surface area contributed by atoms with Crippen LogP contribution in [-0.4, -0.2) is 191 Å². The first-order valence-corrected chi connectivity index (χ1v) is 14.1. The van der Waals surface area contributed by atoms with Gasteiger partial charge in [0.25, 0.3) is 5.79 Å². The second kappa shape index (κ2) is 15.8. The number of carboxylic acids is 1. The third-order valence-electron chi connectivity index (χ3n) is 7.76. The van der Waals surface area contributed by atoms with Crippen LogP contribution in [0.5, 0.6) is 0 Å². The molecule has 3 rings (SSSR count). The second-order valence-electron chi connectivity index (χ2n) is 11.1. The molecule has 3 saturated heterocycles. The van der Waals surface area contributed by atoms with Crippen LogP contribution in [0.4, 0.5) is 0 Å². The lowest BCUT2D eigenvalue weighted by Crippen LogP contribution is -2.71. The van der Waals surface area contributed by atoms with Crippen molar-refractivity contribution in [1.29, 1.82) is 0 Å². The maximum Gasteiger partial charge on any atom is 0.364 e. The van der Waals surface area contributed by atoms with Gasteiger partial charge in [-0.2, -0.15) is 0 Å². The highest BCUT2D eigenvalue weighted by Gasteiger charge is 2.61. The van der Waals surface area contributed by atoms with Gasteiger partial charge >= 0.3 is 11.9 Å². The van der Waals surface area contributed by atoms with Crippen molar-refractivity contribution in [3.63, 3.8) is 0 Å². The molecule has 21 nitrogen and oxygen atoms in total. The monoisotopic (exact) mass is 675 g/mol.